The SMILES string of the molecule is CN(C)CCCNc1nc(CN2CCN(C(=O)Nc3ccccc3CI)CC2)nc2ccccc12. The minimum Gasteiger partial charge on any atom is -0.369 e. The number of aromatic nitrogens is 2. The summed E-state index contributed by atoms with van der Waals surface area (Å²) in [6.07, 6.45) is 1.05. The van der Waals surface area contributed by atoms with Gasteiger partial charge in [0.25, 0.3) is 0 Å². The number of benzene rings is 2. The molecule has 0 bridgehead atoms. The quantitative estimate of drug-likeness (QED) is 0.221. The first-order chi connectivity index (χ1) is 17.0. The number of halogens is 1. The normalized spacial score (nSPS) is 14.5. The highest BCUT2D eigenvalue weighted by molar-refractivity contribution is 14.1. The summed E-state index contributed by atoms with van der Waals surface area (Å²) in [6, 6.07) is 16.1. The molecule has 1 fully saturated rings. The maximum Gasteiger partial charge on any atom is 0.321 e. The van der Waals surface area contributed by atoms with Gasteiger partial charge in [0, 0.05) is 48.2 Å². The van der Waals surface area contributed by atoms with Crippen LogP contribution in [-0.4, -0.2) is 84.1 Å². The van der Waals surface area contributed by atoms with Crippen molar-refractivity contribution in [1.82, 2.24) is 24.7 Å². The Morgan fingerprint density at radius 1 is 1.03 bits per heavy atom. The third kappa shape index (κ3) is 7.02. The van der Waals surface area contributed by atoms with Crippen LogP contribution in [0.5, 0.6) is 0 Å². The van der Waals surface area contributed by atoms with Crippen LogP contribution in [0.2, 0.25) is 0 Å². The van der Waals surface area contributed by atoms with Crippen LogP contribution >= 0.6 is 22.6 Å². The zero-order chi connectivity index (χ0) is 24.6. The van der Waals surface area contributed by atoms with Gasteiger partial charge in [0.15, 0.2) is 0 Å². The van der Waals surface area contributed by atoms with Crippen molar-refractivity contribution in [2.45, 2.75) is 17.4 Å². The number of hydrogen-bond donors (Lipinski definition) is 2. The number of hydrogen-bond acceptors (Lipinski definition) is 6. The van der Waals surface area contributed by atoms with E-state index in [1.54, 1.807) is 0 Å². The third-order valence-corrected chi connectivity index (χ3v) is 6.97. The first-order valence-corrected chi connectivity index (χ1v) is 13.6. The standard InChI is InChI=1S/C26H34IN7O/c1-32(2)13-7-12-28-25-21-9-4-6-11-23(21)29-24(31-25)19-33-14-16-34(17-15-33)26(35)30-22-10-5-3-8-20(22)18-27/h3-6,8-11H,7,12-19H2,1-2H3,(H,30,35)(H,28,29,31). The van der Waals surface area contributed by atoms with E-state index < -0.39 is 0 Å². The second kappa shape index (κ2) is 12.5. The Kier molecular flexibility index (Phi) is 9.11. The van der Waals surface area contributed by atoms with E-state index in [9.17, 15) is 4.79 Å². The molecular weight excluding hydrogens is 553 g/mol. The van der Waals surface area contributed by atoms with Gasteiger partial charge in [0.1, 0.15) is 11.6 Å². The van der Waals surface area contributed by atoms with Gasteiger partial charge in [-0.2, -0.15) is 0 Å². The molecule has 2 heterocycles. The van der Waals surface area contributed by atoms with Crippen molar-refractivity contribution in [2.75, 3.05) is 64.0 Å². The summed E-state index contributed by atoms with van der Waals surface area (Å²) in [5.41, 5.74) is 2.99. The van der Waals surface area contributed by atoms with Crippen LogP contribution in [0.25, 0.3) is 10.9 Å². The van der Waals surface area contributed by atoms with Crippen molar-refractivity contribution in [1.29, 1.82) is 0 Å². The highest BCUT2D eigenvalue weighted by Gasteiger charge is 2.22. The molecule has 0 spiro atoms. The molecule has 0 saturated carbocycles. The summed E-state index contributed by atoms with van der Waals surface area (Å²) in [5, 5.41) is 7.65. The smallest absolute Gasteiger partial charge is 0.321 e. The Morgan fingerprint density at radius 2 is 1.77 bits per heavy atom. The van der Waals surface area contributed by atoms with Crippen LogP contribution in [0.1, 0.15) is 17.8 Å². The van der Waals surface area contributed by atoms with Gasteiger partial charge < -0.3 is 20.4 Å². The number of piperazine rings is 1. The number of alkyl halides is 1. The lowest BCUT2D eigenvalue weighted by Crippen LogP contribution is -2.49. The summed E-state index contributed by atoms with van der Waals surface area (Å²) in [4.78, 5) is 28.9. The molecule has 1 saturated heterocycles. The lowest BCUT2D eigenvalue weighted by molar-refractivity contribution is 0.141. The molecule has 1 aliphatic heterocycles. The molecule has 2 aromatic carbocycles. The van der Waals surface area contributed by atoms with Gasteiger partial charge in [-0.05, 0) is 50.8 Å². The van der Waals surface area contributed by atoms with E-state index in [-0.39, 0.29) is 6.03 Å². The monoisotopic (exact) mass is 587 g/mol. The molecule has 0 aliphatic carbocycles. The van der Waals surface area contributed by atoms with Crippen LogP contribution in [0.3, 0.4) is 0 Å². The molecule has 186 valence electrons. The summed E-state index contributed by atoms with van der Waals surface area (Å²) >= 11 is 2.32. The van der Waals surface area contributed by atoms with Gasteiger partial charge >= 0.3 is 6.03 Å². The Morgan fingerprint density at radius 3 is 2.54 bits per heavy atom. The lowest BCUT2D eigenvalue weighted by atomic mass is 10.2. The van der Waals surface area contributed by atoms with E-state index in [1.807, 2.05) is 41.3 Å². The van der Waals surface area contributed by atoms with E-state index in [0.29, 0.717) is 19.6 Å². The van der Waals surface area contributed by atoms with Crippen molar-refractivity contribution in [2.24, 2.45) is 0 Å². The number of nitrogens with one attached hydrogen (secondary N) is 2. The number of anilines is 2. The topological polar surface area (TPSA) is 76.6 Å². The van der Waals surface area contributed by atoms with Crippen molar-refractivity contribution in [3.63, 3.8) is 0 Å². The van der Waals surface area contributed by atoms with Crippen LogP contribution in [0, 0.1) is 0 Å². The number of urea groups is 1. The van der Waals surface area contributed by atoms with E-state index >= 15 is 0 Å². The summed E-state index contributed by atoms with van der Waals surface area (Å²) in [7, 11) is 4.18. The molecule has 3 aromatic rings. The Bertz CT molecular complexity index is 1130. The molecule has 8 nitrogen and oxygen atoms in total. The van der Waals surface area contributed by atoms with Crippen molar-refractivity contribution >= 4 is 51.0 Å². The van der Waals surface area contributed by atoms with E-state index in [2.05, 4.69) is 69.3 Å². The van der Waals surface area contributed by atoms with Crippen molar-refractivity contribution in [3.05, 3.63) is 59.9 Å². The molecule has 35 heavy (non-hydrogen) atoms. The molecule has 2 N–H and O–H groups in total. The molecule has 4 rings (SSSR count). The fourth-order valence-corrected chi connectivity index (χ4v) is 4.86. The number of carbonyl (C=O) groups excluding carboxylic acids is 1. The summed E-state index contributed by atoms with van der Waals surface area (Å²) in [5.74, 6) is 1.71. The maximum absolute atomic E-state index is 12.8. The molecule has 1 aromatic heterocycles. The number of fused-ring (bicyclic) bond motifs is 1. The van der Waals surface area contributed by atoms with Gasteiger partial charge in [0.2, 0.25) is 0 Å². The van der Waals surface area contributed by atoms with Gasteiger partial charge in [0.05, 0.1) is 12.1 Å². The van der Waals surface area contributed by atoms with Gasteiger partial charge in [-0.15, -0.1) is 0 Å². The average molecular weight is 588 g/mol. The Labute approximate surface area is 221 Å². The molecular formula is C26H34IN7O. The van der Waals surface area contributed by atoms with Crippen LogP contribution in [0.4, 0.5) is 16.3 Å². The first kappa shape index (κ1) is 25.6. The molecule has 1 aliphatic rings. The Hall–Kier alpha value is -2.50. The number of nitrogens with zero attached hydrogens (tertiary/aromatic N) is 5. The minimum absolute atomic E-state index is 0.0342. The molecule has 0 radical (unpaired) electrons. The van der Waals surface area contributed by atoms with E-state index in [1.165, 1.54) is 0 Å². The third-order valence-electron chi connectivity index (χ3n) is 6.15. The van der Waals surface area contributed by atoms with Gasteiger partial charge in [-0.1, -0.05) is 52.9 Å². The van der Waals surface area contributed by atoms with Gasteiger partial charge in [-0.3, -0.25) is 4.90 Å². The van der Waals surface area contributed by atoms with Crippen molar-refractivity contribution in [3.8, 4) is 0 Å². The molecule has 0 unspecified atom stereocenters. The molecule has 2 amide bonds. The fraction of sp³-hybridized carbons (Fsp3) is 0.423. The van der Waals surface area contributed by atoms with Crippen LogP contribution in [0.15, 0.2) is 48.5 Å². The largest absolute Gasteiger partial charge is 0.369 e. The second-order valence-electron chi connectivity index (χ2n) is 9.07. The minimum atomic E-state index is -0.0342. The summed E-state index contributed by atoms with van der Waals surface area (Å²) < 4.78 is 0.861. The zero-order valence-corrected chi connectivity index (χ0v) is 22.7. The summed E-state index contributed by atoms with van der Waals surface area (Å²) in [6.45, 7) is 5.52. The van der Waals surface area contributed by atoms with Crippen LogP contribution < -0.4 is 10.6 Å². The highest BCUT2D eigenvalue weighted by Crippen LogP contribution is 2.22. The number of rotatable bonds is 9. The van der Waals surface area contributed by atoms with Gasteiger partial charge in [-0.25, -0.2) is 14.8 Å². The molecule has 9 heteroatoms. The highest BCUT2D eigenvalue weighted by atomic mass is 127. The second-order valence-corrected chi connectivity index (χ2v) is 9.84. The Balaban J connectivity index is 1.35. The number of amides is 2. The predicted molar refractivity (Wildman–Crippen MR) is 151 cm³/mol. The number of para-hydroxylation sites is 2. The predicted octanol–water partition coefficient (Wildman–Crippen LogP) is 4.28. The fourth-order valence-electron chi connectivity index (χ4n) is 4.19. The van der Waals surface area contributed by atoms with E-state index in [0.717, 1.165) is 70.8 Å². The zero-order valence-electron chi connectivity index (χ0n) is 20.5. The lowest BCUT2D eigenvalue weighted by Gasteiger charge is -2.34. The first-order valence-electron chi connectivity index (χ1n) is 12.1. The number of carbonyl (C=O) groups is 1. The van der Waals surface area contributed by atoms with Crippen molar-refractivity contribution < 1.29 is 4.79 Å². The van der Waals surface area contributed by atoms with E-state index in [4.69, 9.17) is 9.97 Å². The molecule has 0 atom stereocenters. The average Bonchev–Trinajstić information content (AvgIpc) is 2.87. The van der Waals surface area contributed by atoms with Crippen LogP contribution in [-0.2, 0) is 11.0 Å². The maximum atomic E-state index is 12.8.